The van der Waals surface area contributed by atoms with E-state index >= 15 is 0 Å². The van der Waals surface area contributed by atoms with E-state index in [0.29, 0.717) is 25.4 Å². The molecule has 1 aromatic rings. The molecule has 0 radical (unpaired) electrons. The first-order chi connectivity index (χ1) is 13.8. The fraction of sp³-hybridized carbons (Fsp3) is 0.632. The number of likely N-dealkylation sites (N-methyl/N-ethyl adjacent to an activating group) is 1. The Kier molecular flexibility index (Phi) is 8.69. The summed E-state index contributed by atoms with van der Waals surface area (Å²) in [6.45, 7) is 3.72. The maximum atomic E-state index is 13.4. The highest BCUT2D eigenvalue weighted by Crippen LogP contribution is 2.30. The largest absolute Gasteiger partial charge is 0.497 e. The van der Waals surface area contributed by atoms with Crippen LogP contribution in [0.4, 0.5) is 0 Å². The van der Waals surface area contributed by atoms with Crippen molar-refractivity contribution in [3.05, 3.63) is 18.2 Å². The van der Waals surface area contributed by atoms with E-state index in [2.05, 4.69) is 5.32 Å². The zero-order chi connectivity index (χ0) is 21.4. The highest BCUT2D eigenvalue weighted by Gasteiger charge is 2.29. The molecule has 0 aliphatic carbocycles. The summed E-state index contributed by atoms with van der Waals surface area (Å²) in [5.74, 6) is 0.636. The van der Waals surface area contributed by atoms with Gasteiger partial charge in [-0.3, -0.25) is 4.79 Å². The Hall–Kier alpha value is -1.88. The quantitative estimate of drug-likeness (QED) is 0.564. The summed E-state index contributed by atoms with van der Waals surface area (Å²) in [6.07, 6.45) is 0.138. The molecule has 10 heteroatoms. The van der Waals surface area contributed by atoms with Crippen LogP contribution in [0, 0.1) is 0 Å². The van der Waals surface area contributed by atoms with Crippen molar-refractivity contribution < 1.29 is 22.7 Å². The second-order valence-corrected chi connectivity index (χ2v) is 9.01. The van der Waals surface area contributed by atoms with Crippen LogP contribution in [0.2, 0.25) is 0 Å². The summed E-state index contributed by atoms with van der Waals surface area (Å²) in [7, 11) is 2.79. The number of carbonyl (C=O) groups is 1. The zero-order valence-electron chi connectivity index (χ0n) is 17.7. The third-order valence-electron chi connectivity index (χ3n) is 4.83. The number of rotatable bonds is 10. The average Bonchev–Trinajstić information content (AvgIpc) is 2.73. The van der Waals surface area contributed by atoms with Crippen LogP contribution in [0.1, 0.15) is 6.42 Å². The lowest BCUT2D eigenvalue weighted by molar-refractivity contribution is -0.131. The number of sulfonamides is 1. The zero-order valence-corrected chi connectivity index (χ0v) is 18.5. The van der Waals surface area contributed by atoms with Crippen molar-refractivity contribution >= 4 is 15.9 Å². The maximum Gasteiger partial charge on any atom is 0.246 e. The van der Waals surface area contributed by atoms with Gasteiger partial charge in [-0.25, -0.2) is 8.42 Å². The molecule has 29 heavy (non-hydrogen) atoms. The number of ether oxygens (including phenoxy) is 2. The van der Waals surface area contributed by atoms with Gasteiger partial charge in [0.25, 0.3) is 0 Å². The fourth-order valence-electron chi connectivity index (χ4n) is 3.08. The highest BCUT2D eigenvalue weighted by molar-refractivity contribution is 7.89. The van der Waals surface area contributed by atoms with Gasteiger partial charge < -0.3 is 24.6 Å². The molecule has 1 aromatic carbocycles. The van der Waals surface area contributed by atoms with Crippen LogP contribution in [0.15, 0.2) is 23.1 Å². The molecule has 164 valence electrons. The standard InChI is InChI=1S/C19H32N4O5S/c1-21(2)13-14-23(10-7-19(24)22-11-8-20-9-12-22)29(25,26)18-15-16(27-3)5-6-17(18)28-4/h5-6,15,20H,7-14H2,1-4H3. The first-order valence-electron chi connectivity index (χ1n) is 9.65. The second-order valence-electron chi connectivity index (χ2n) is 7.10. The topological polar surface area (TPSA) is 91.4 Å². The number of nitrogens with one attached hydrogen (secondary N) is 1. The van der Waals surface area contributed by atoms with Crippen LogP contribution in [0.3, 0.4) is 0 Å². The Balaban J connectivity index is 2.24. The third-order valence-corrected chi connectivity index (χ3v) is 6.75. The number of piperazine rings is 1. The summed E-state index contributed by atoms with van der Waals surface area (Å²) in [5, 5.41) is 3.20. The van der Waals surface area contributed by atoms with Gasteiger partial charge in [-0.05, 0) is 26.2 Å². The number of methoxy groups -OCH3 is 2. The van der Waals surface area contributed by atoms with E-state index < -0.39 is 10.0 Å². The molecule has 1 amide bonds. The average molecular weight is 429 g/mol. The van der Waals surface area contributed by atoms with E-state index in [4.69, 9.17) is 9.47 Å². The van der Waals surface area contributed by atoms with Gasteiger partial charge in [0.2, 0.25) is 15.9 Å². The molecular formula is C19H32N4O5S. The van der Waals surface area contributed by atoms with Gasteiger partial charge >= 0.3 is 0 Å². The molecule has 9 nitrogen and oxygen atoms in total. The van der Waals surface area contributed by atoms with Crippen molar-refractivity contribution in [2.45, 2.75) is 11.3 Å². The van der Waals surface area contributed by atoms with E-state index in [1.54, 1.807) is 17.0 Å². The smallest absolute Gasteiger partial charge is 0.246 e. The number of benzene rings is 1. The summed E-state index contributed by atoms with van der Waals surface area (Å²) in [4.78, 5) is 16.3. The van der Waals surface area contributed by atoms with Crippen LogP contribution in [0.5, 0.6) is 11.5 Å². The Labute approximate surface area is 173 Å². The van der Waals surface area contributed by atoms with Crippen molar-refractivity contribution in [2.75, 3.05) is 74.1 Å². The molecule has 0 bridgehead atoms. The maximum absolute atomic E-state index is 13.4. The summed E-state index contributed by atoms with van der Waals surface area (Å²) < 4.78 is 38.7. The van der Waals surface area contributed by atoms with Crippen LogP contribution in [-0.4, -0.2) is 103 Å². The first kappa shape index (κ1) is 23.4. The Morgan fingerprint density at radius 3 is 2.38 bits per heavy atom. The predicted molar refractivity (Wildman–Crippen MR) is 111 cm³/mol. The van der Waals surface area contributed by atoms with Crippen LogP contribution in [0.25, 0.3) is 0 Å². The van der Waals surface area contributed by atoms with E-state index in [9.17, 15) is 13.2 Å². The van der Waals surface area contributed by atoms with Gasteiger partial charge in [-0.1, -0.05) is 0 Å². The molecule has 1 aliphatic heterocycles. The lowest BCUT2D eigenvalue weighted by Crippen LogP contribution is -2.47. The lowest BCUT2D eigenvalue weighted by Gasteiger charge is -2.29. The van der Waals surface area contributed by atoms with Gasteiger partial charge in [0.05, 0.1) is 14.2 Å². The van der Waals surface area contributed by atoms with Gasteiger partial charge in [-0.15, -0.1) is 0 Å². The minimum absolute atomic E-state index is 0.0332. The fourth-order valence-corrected chi connectivity index (χ4v) is 4.68. The molecule has 1 saturated heterocycles. The molecule has 1 aliphatic rings. The molecular weight excluding hydrogens is 396 g/mol. The van der Waals surface area contributed by atoms with E-state index in [0.717, 1.165) is 13.1 Å². The van der Waals surface area contributed by atoms with Crippen LogP contribution >= 0.6 is 0 Å². The SMILES string of the molecule is COc1ccc(OC)c(S(=O)(=O)N(CCC(=O)N2CCNCC2)CCN(C)C)c1. The summed E-state index contributed by atoms with van der Waals surface area (Å²) >= 11 is 0. The molecule has 0 aromatic heterocycles. The molecule has 0 spiro atoms. The summed E-state index contributed by atoms with van der Waals surface area (Å²) in [5.41, 5.74) is 0. The Bertz CT molecular complexity index is 779. The third kappa shape index (κ3) is 6.30. The second kappa shape index (κ2) is 10.8. The predicted octanol–water partition coefficient (Wildman–Crippen LogP) is 0.0780. The van der Waals surface area contributed by atoms with Crippen LogP contribution in [-0.2, 0) is 14.8 Å². The van der Waals surface area contributed by atoms with E-state index in [-0.39, 0.29) is 36.1 Å². The summed E-state index contributed by atoms with van der Waals surface area (Å²) in [6, 6.07) is 4.67. The Morgan fingerprint density at radius 2 is 1.79 bits per heavy atom. The number of nitrogens with zero attached hydrogens (tertiary/aromatic N) is 3. The molecule has 0 saturated carbocycles. The number of carbonyl (C=O) groups excluding carboxylic acids is 1. The molecule has 1 N–H and O–H groups in total. The van der Waals surface area contributed by atoms with E-state index in [1.807, 2.05) is 19.0 Å². The van der Waals surface area contributed by atoms with E-state index in [1.165, 1.54) is 24.6 Å². The number of hydrogen-bond acceptors (Lipinski definition) is 7. The van der Waals surface area contributed by atoms with Crippen molar-refractivity contribution in [3.8, 4) is 11.5 Å². The van der Waals surface area contributed by atoms with Gasteiger partial charge in [-0.2, -0.15) is 4.31 Å². The van der Waals surface area contributed by atoms with Crippen molar-refractivity contribution in [1.29, 1.82) is 0 Å². The molecule has 2 rings (SSSR count). The lowest BCUT2D eigenvalue weighted by atomic mass is 10.3. The monoisotopic (exact) mass is 428 g/mol. The van der Waals surface area contributed by atoms with Crippen molar-refractivity contribution in [1.82, 2.24) is 19.4 Å². The Morgan fingerprint density at radius 1 is 1.10 bits per heavy atom. The first-order valence-corrected chi connectivity index (χ1v) is 11.1. The number of amides is 1. The molecule has 1 fully saturated rings. The van der Waals surface area contributed by atoms with Gasteiger partial charge in [0.1, 0.15) is 16.4 Å². The van der Waals surface area contributed by atoms with Crippen molar-refractivity contribution in [3.63, 3.8) is 0 Å². The van der Waals surface area contributed by atoms with Gasteiger partial charge in [0.15, 0.2) is 0 Å². The molecule has 0 atom stereocenters. The normalized spacial score (nSPS) is 15.0. The highest BCUT2D eigenvalue weighted by atomic mass is 32.2. The minimum Gasteiger partial charge on any atom is -0.497 e. The van der Waals surface area contributed by atoms with Gasteiger partial charge in [0, 0.05) is 58.3 Å². The van der Waals surface area contributed by atoms with Crippen molar-refractivity contribution in [2.24, 2.45) is 0 Å². The molecule has 0 unspecified atom stereocenters. The molecule has 1 heterocycles. The minimum atomic E-state index is -3.88. The number of hydrogen-bond donors (Lipinski definition) is 1. The van der Waals surface area contributed by atoms with Crippen LogP contribution < -0.4 is 14.8 Å².